The zero-order valence-corrected chi connectivity index (χ0v) is 11.4. The number of nitro groups is 1. The van der Waals surface area contributed by atoms with Gasteiger partial charge in [0.1, 0.15) is 12.1 Å². The van der Waals surface area contributed by atoms with Crippen LogP contribution in [-0.4, -0.2) is 39.7 Å². The lowest BCUT2D eigenvalue weighted by molar-refractivity contribution is -0.384. The van der Waals surface area contributed by atoms with E-state index in [9.17, 15) is 15.2 Å². The average Bonchev–Trinajstić information content (AvgIpc) is 2.43. The summed E-state index contributed by atoms with van der Waals surface area (Å²) in [7, 11) is 1.84. The molecule has 0 aliphatic heterocycles. The molecule has 0 radical (unpaired) electrons. The van der Waals surface area contributed by atoms with Gasteiger partial charge in [0.25, 0.3) is 5.69 Å². The number of rotatable bonds is 5. The molecule has 0 amide bonds. The number of fused-ring (bicyclic) bond motifs is 1. The fourth-order valence-corrected chi connectivity index (χ4v) is 1.94. The number of aliphatic hydroxyl groups is 1. The van der Waals surface area contributed by atoms with Crippen LogP contribution < -0.4 is 4.90 Å². The number of hydrogen-bond acceptors (Lipinski definition) is 6. The molecule has 0 saturated heterocycles. The average molecular weight is 276 g/mol. The molecule has 0 saturated carbocycles. The summed E-state index contributed by atoms with van der Waals surface area (Å²) < 4.78 is 0. The van der Waals surface area contributed by atoms with Crippen molar-refractivity contribution in [2.75, 3.05) is 18.5 Å². The van der Waals surface area contributed by atoms with Crippen LogP contribution in [0.5, 0.6) is 0 Å². The highest BCUT2D eigenvalue weighted by atomic mass is 16.6. The summed E-state index contributed by atoms with van der Waals surface area (Å²) >= 11 is 0. The van der Waals surface area contributed by atoms with Gasteiger partial charge in [-0.15, -0.1) is 0 Å². The molecule has 1 aromatic heterocycles. The van der Waals surface area contributed by atoms with E-state index in [2.05, 4.69) is 9.97 Å². The standard InChI is InChI=1S/C13H16N4O3/c1-9(18)5-6-16(2)13-11-7-10(17(19)20)3-4-12(11)14-8-15-13/h3-4,7-9,18H,5-6H2,1-2H3. The lowest BCUT2D eigenvalue weighted by Gasteiger charge is -2.20. The van der Waals surface area contributed by atoms with E-state index in [-0.39, 0.29) is 5.69 Å². The summed E-state index contributed by atoms with van der Waals surface area (Å²) in [5.41, 5.74) is 0.668. The van der Waals surface area contributed by atoms with Gasteiger partial charge in [-0.2, -0.15) is 0 Å². The molecule has 106 valence electrons. The van der Waals surface area contributed by atoms with Gasteiger partial charge in [0.2, 0.25) is 0 Å². The molecule has 1 unspecified atom stereocenters. The number of hydrogen-bond donors (Lipinski definition) is 1. The summed E-state index contributed by atoms with van der Waals surface area (Å²) in [5, 5.41) is 20.8. The highest BCUT2D eigenvalue weighted by molar-refractivity contribution is 5.90. The first-order valence-electron chi connectivity index (χ1n) is 6.27. The smallest absolute Gasteiger partial charge is 0.270 e. The second-order valence-corrected chi connectivity index (χ2v) is 4.72. The molecule has 2 aromatic rings. The van der Waals surface area contributed by atoms with Crippen LogP contribution in [0.1, 0.15) is 13.3 Å². The largest absolute Gasteiger partial charge is 0.393 e. The first-order valence-corrected chi connectivity index (χ1v) is 6.27. The van der Waals surface area contributed by atoms with Crippen molar-refractivity contribution >= 4 is 22.4 Å². The summed E-state index contributed by atoms with van der Waals surface area (Å²) in [6.07, 6.45) is 1.62. The highest BCUT2D eigenvalue weighted by Gasteiger charge is 2.13. The van der Waals surface area contributed by atoms with Crippen LogP contribution in [0.15, 0.2) is 24.5 Å². The van der Waals surface area contributed by atoms with Gasteiger partial charge in [0.15, 0.2) is 0 Å². The van der Waals surface area contributed by atoms with E-state index in [1.54, 1.807) is 13.0 Å². The third-order valence-corrected chi connectivity index (χ3v) is 3.05. The fourth-order valence-electron chi connectivity index (χ4n) is 1.94. The molecule has 1 N–H and O–H groups in total. The summed E-state index contributed by atoms with van der Waals surface area (Å²) in [6.45, 7) is 2.32. The molecule has 20 heavy (non-hydrogen) atoms. The maximum atomic E-state index is 10.9. The normalized spacial score (nSPS) is 12.3. The van der Waals surface area contributed by atoms with Crippen LogP contribution in [0.4, 0.5) is 11.5 Å². The number of non-ortho nitro benzene ring substituents is 1. The number of anilines is 1. The Morgan fingerprint density at radius 3 is 2.85 bits per heavy atom. The first-order chi connectivity index (χ1) is 9.49. The van der Waals surface area contributed by atoms with Gasteiger partial charge in [0.05, 0.1) is 16.5 Å². The molecule has 2 rings (SSSR count). The molecule has 0 spiro atoms. The van der Waals surface area contributed by atoms with E-state index >= 15 is 0 Å². The Morgan fingerprint density at radius 1 is 1.45 bits per heavy atom. The number of benzene rings is 1. The lowest BCUT2D eigenvalue weighted by atomic mass is 10.2. The zero-order chi connectivity index (χ0) is 14.7. The van der Waals surface area contributed by atoms with Gasteiger partial charge in [-0.1, -0.05) is 0 Å². The van der Waals surface area contributed by atoms with Gasteiger partial charge in [-0.3, -0.25) is 10.1 Å². The van der Waals surface area contributed by atoms with Gasteiger partial charge in [-0.05, 0) is 19.4 Å². The minimum Gasteiger partial charge on any atom is -0.393 e. The predicted molar refractivity (Wildman–Crippen MR) is 75.8 cm³/mol. The van der Waals surface area contributed by atoms with Crippen LogP contribution in [-0.2, 0) is 0 Å². The Morgan fingerprint density at radius 2 is 2.20 bits per heavy atom. The Hall–Kier alpha value is -2.28. The molecule has 1 heterocycles. The summed E-state index contributed by atoms with van der Waals surface area (Å²) in [5.74, 6) is 0.624. The van der Waals surface area contributed by atoms with Crippen molar-refractivity contribution in [1.29, 1.82) is 0 Å². The van der Waals surface area contributed by atoms with Gasteiger partial charge < -0.3 is 10.0 Å². The zero-order valence-electron chi connectivity index (χ0n) is 11.4. The molecule has 0 aliphatic carbocycles. The highest BCUT2D eigenvalue weighted by Crippen LogP contribution is 2.26. The number of nitrogens with zero attached hydrogens (tertiary/aromatic N) is 4. The van der Waals surface area contributed by atoms with E-state index in [1.165, 1.54) is 18.5 Å². The number of nitro benzene ring substituents is 1. The molecule has 7 nitrogen and oxygen atoms in total. The summed E-state index contributed by atoms with van der Waals surface area (Å²) in [6, 6.07) is 4.51. The molecule has 0 aliphatic rings. The Labute approximate surface area is 116 Å². The Bertz CT molecular complexity index is 630. The third kappa shape index (κ3) is 3.00. The lowest BCUT2D eigenvalue weighted by Crippen LogP contribution is -2.23. The minimum absolute atomic E-state index is 0.0116. The van der Waals surface area contributed by atoms with Crippen LogP contribution in [0, 0.1) is 10.1 Å². The van der Waals surface area contributed by atoms with Crippen LogP contribution in [0.2, 0.25) is 0 Å². The van der Waals surface area contributed by atoms with Gasteiger partial charge >= 0.3 is 0 Å². The van der Waals surface area contributed by atoms with Crippen molar-refractivity contribution in [1.82, 2.24) is 9.97 Å². The van der Waals surface area contributed by atoms with Crippen LogP contribution in [0.3, 0.4) is 0 Å². The molecule has 0 bridgehead atoms. The Balaban J connectivity index is 2.41. The van der Waals surface area contributed by atoms with E-state index in [1.807, 2.05) is 11.9 Å². The maximum Gasteiger partial charge on any atom is 0.270 e. The van der Waals surface area contributed by atoms with Crippen molar-refractivity contribution in [2.45, 2.75) is 19.4 Å². The van der Waals surface area contributed by atoms with Crippen LogP contribution >= 0.6 is 0 Å². The number of aromatic nitrogens is 2. The quantitative estimate of drug-likeness (QED) is 0.660. The van der Waals surface area contributed by atoms with E-state index in [4.69, 9.17) is 0 Å². The molecule has 1 atom stereocenters. The van der Waals surface area contributed by atoms with Crippen molar-refractivity contribution < 1.29 is 10.0 Å². The SMILES string of the molecule is CC(O)CCN(C)c1ncnc2ccc([N+](=O)[O-])cc12. The van der Waals surface area contributed by atoms with Crippen molar-refractivity contribution in [2.24, 2.45) is 0 Å². The van der Waals surface area contributed by atoms with Gasteiger partial charge in [0, 0.05) is 31.1 Å². The van der Waals surface area contributed by atoms with E-state index in [0.29, 0.717) is 29.7 Å². The first kappa shape index (κ1) is 14.1. The maximum absolute atomic E-state index is 10.9. The Kier molecular flexibility index (Phi) is 4.09. The topological polar surface area (TPSA) is 92.4 Å². The fraction of sp³-hybridized carbons (Fsp3) is 0.385. The molecule has 1 aromatic carbocycles. The van der Waals surface area contributed by atoms with E-state index < -0.39 is 11.0 Å². The molecule has 0 fully saturated rings. The second-order valence-electron chi connectivity index (χ2n) is 4.72. The van der Waals surface area contributed by atoms with Crippen molar-refractivity contribution in [3.63, 3.8) is 0 Å². The third-order valence-electron chi connectivity index (χ3n) is 3.05. The molecular weight excluding hydrogens is 260 g/mol. The van der Waals surface area contributed by atoms with Crippen molar-refractivity contribution in [3.8, 4) is 0 Å². The predicted octanol–water partition coefficient (Wildman–Crippen LogP) is 1.75. The monoisotopic (exact) mass is 276 g/mol. The molecular formula is C13H16N4O3. The van der Waals surface area contributed by atoms with Crippen molar-refractivity contribution in [3.05, 3.63) is 34.6 Å². The minimum atomic E-state index is -0.438. The van der Waals surface area contributed by atoms with Crippen LogP contribution in [0.25, 0.3) is 10.9 Å². The summed E-state index contributed by atoms with van der Waals surface area (Å²) in [4.78, 5) is 20.6. The number of aliphatic hydroxyl groups excluding tert-OH is 1. The molecule has 7 heteroatoms. The second kappa shape index (κ2) is 5.79. The van der Waals surface area contributed by atoms with Gasteiger partial charge in [-0.25, -0.2) is 9.97 Å². The van der Waals surface area contributed by atoms with E-state index in [0.717, 1.165) is 0 Å².